The van der Waals surface area contributed by atoms with Gasteiger partial charge >= 0.3 is 0 Å². The molecule has 2 atom stereocenters. The van der Waals surface area contributed by atoms with Gasteiger partial charge in [0.2, 0.25) is 0 Å². The highest BCUT2D eigenvalue weighted by Crippen LogP contribution is 2.17. The van der Waals surface area contributed by atoms with Gasteiger partial charge in [0.15, 0.2) is 5.96 Å². The fourth-order valence-electron chi connectivity index (χ4n) is 1.58. The van der Waals surface area contributed by atoms with Crippen LogP contribution < -0.4 is 10.6 Å². The Bertz CT molecular complexity index is 429. The molecule has 2 unspecified atom stereocenters. The predicted octanol–water partition coefficient (Wildman–Crippen LogP) is 3.94. The van der Waals surface area contributed by atoms with Crippen LogP contribution in [0.4, 0.5) is 0 Å². The standard InChI is InChI=1S/C14H22ClN3S.HI/c1-10(19-4)9-17-14(16-3)18-11(2)12-6-5-7-13(15)8-12;/h5-8,10-11H,9H2,1-4H3,(H2,16,17,18);1H. The van der Waals surface area contributed by atoms with Gasteiger partial charge in [-0.05, 0) is 30.9 Å². The Hall–Kier alpha value is -0.140. The fourth-order valence-corrected chi connectivity index (χ4v) is 2.03. The highest BCUT2D eigenvalue weighted by Gasteiger charge is 2.08. The molecule has 0 aliphatic carbocycles. The number of thioether (sulfide) groups is 1. The van der Waals surface area contributed by atoms with Crippen molar-refractivity contribution in [2.75, 3.05) is 19.8 Å². The average Bonchev–Trinajstić information content (AvgIpc) is 2.42. The smallest absolute Gasteiger partial charge is 0.191 e. The summed E-state index contributed by atoms with van der Waals surface area (Å²) < 4.78 is 0. The zero-order chi connectivity index (χ0) is 14.3. The third kappa shape index (κ3) is 7.04. The van der Waals surface area contributed by atoms with Crippen LogP contribution in [0.2, 0.25) is 5.02 Å². The average molecular weight is 428 g/mol. The van der Waals surface area contributed by atoms with E-state index in [1.807, 2.05) is 30.0 Å². The van der Waals surface area contributed by atoms with Crippen LogP contribution in [0.15, 0.2) is 29.3 Å². The number of halogens is 2. The number of nitrogens with one attached hydrogen (secondary N) is 2. The van der Waals surface area contributed by atoms with Gasteiger partial charge in [0.1, 0.15) is 0 Å². The third-order valence-electron chi connectivity index (χ3n) is 2.88. The van der Waals surface area contributed by atoms with E-state index < -0.39 is 0 Å². The quantitative estimate of drug-likeness (QED) is 0.424. The van der Waals surface area contributed by atoms with E-state index in [1.165, 1.54) is 0 Å². The zero-order valence-corrected chi connectivity index (χ0v) is 16.2. The summed E-state index contributed by atoms with van der Waals surface area (Å²) in [6.07, 6.45) is 2.11. The lowest BCUT2D eigenvalue weighted by atomic mass is 10.1. The van der Waals surface area contributed by atoms with Crippen LogP contribution >= 0.6 is 47.3 Å². The monoisotopic (exact) mass is 427 g/mol. The minimum absolute atomic E-state index is 0. The van der Waals surface area contributed by atoms with Crippen molar-refractivity contribution < 1.29 is 0 Å². The largest absolute Gasteiger partial charge is 0.355 e. The molecule has 1 rings (SSSR count). The van der Waals surface area contributed by atoms with Gasteiger partial charge in [-0.15, -0.1) is 24.0 Å². The first-order valence-corrected chi connectivity index (χ1v) is 7.98. The second kappa shape index (κ2) is 10.6. The number of aliphatic imine (C=N–C) groups is 1. The Balaban J connectivity index is 0.00000361. The van der Waals surface area contributed by atoms with Crippen molar-refractivity contribution in [3.63, 3.8) is 0 Å². The number of hydrogen-bond acceptors (Lipinski definition) is 2. The van der Waals surface area contributed by atoms with Gasteiger partial charge in [-0.2, -0.15) is 11.8 Å². The van der Waals surface area contributed by atoms with Crippen LogP contribution in [0.5, 0.6) is 0 Å². The van der Waals surface area contributed by atoms with Crippen LogP contribution in [-0.4, -0.2) is 31.1 Å². The molecule has 114 valence electrons. The highest BCUT2D eigenvalue weighted by atomic mass is 127. The molecule has 6 heteroatoms. The summed E-state index contributed by atoms with van der Waals surface area (Å²) in [5.74, 6) is 0.813. The SMILES string of the molecule is CN=C(NCC(C)SC)NC(C)c1cccc(Cl)c1.I. The van der Waals surface area contributed by atoms with E-state index in [-0.39, 0.29) is 30.0 Å². The van der Waals surface area contributed by atoms with E-state index in [2.05, 4.69) is 41.8 Å². The van der Waals surface area contributed by atoms with Crippen molar-refractivity contribution in [1.29, 1.82) is 0 Å². The molecule has 0 fully saturated rings. The van der Waals surface area contributed by atoms with E-state index in [9.17, 15) is 0 Å². The lowest BCUT2D eigenvalue weighted by Gasteiger charge is -2.19. The van der Waals surface area contributed by atoms with Gasteiger partial charge in [0.25, 0.3) is 0 Å². The van der Waals surface area contributed by atoms with E-state index in [4.69, 9.17) is 11.6 Å². The van der Waals surface area contributed by atoms with E-state index in [0.29, 0.717) is 5.25 Å². The van der Waals surface area contributed by atoms with Gasteiger partial charge < -0.3 is 10.6 Å². The Kier molecular flexibility index (Phi) is 10.5. The van der Waals surface area contributed by atoms with E-state index in [0.717, 1.165) is 23.1 Å². The first-order chi connectivity index (χ1) is 9.06. The fraction of sp³-hybridized carbons (Fsp3) is 0.500. The Morgan fingerprint density at radius 1 is 1.40 bits per heavy atom. The van der Waals surface area contributed by atoms with E-state index >= 15 is 0 Å². The maximum Gasteiger partial charge on any atom is 0.191 e. The van der Waals surface area contributed by atoms with Crippen LogP contribution in [0, 0.1) is 0 Å². The summed E-state index contributed by atoms with van der Waals surface area (Å²) >= 11 is 7.84. The Labute approximate surface area is 148 Å². The Morgan fingerprint density at radius 2 is 2.10 bits per heavy atom. The number of guanidine groups is 1. The molecular weight excluding hydrogens is 405 g/mol. The molecule has 20 heavy (non-hydrogen) atoms. The minimum atomic E-state index is 0. The third-order valence-corrected chi connectivity index (χ3v) is 4.09. The molecule has 0 aromatic heterocycles. The van der Waals surface area contributed by atoms with Gasteiger partial charge in [-0.3, -0.25) is 4.99 Å². The summed E-state index contributed by atoms with van der Waals surface area (Å²) in [4.78, 5) is 4.23. The van der Waals surface area contributed by atoms with Crippen LogP contribution in [0.25, 0.3) is 0 Å². The van der Waals surface area contributed by atoms with Crippen molar-refractivity contribution in [1.82, 2.24) is 10.6 Å². The van der Waals surface area contributed by atoms with Gasteiger partial charge in [0.05, 0.1) is 6.04 Å². The molecule has 0 amide bonds. The van der Waals surface area contributed by atoms with Gasteiger partial charge in [0, 0.05) is 23.9 Å². The predicted molar refractivity (Wildman–Crippen MR) is 103 cm³/mol. The molecular formula is C14H23ClIN3S. The maximum atomic E-state index is 6.00. The molecule has 0 heterocycles. The topological polar surface area (TPSA) is 36.4 Å². The number of rotatable bonds is 5. The van der Waals surface area contributed by atoms with E-state index in [1.54, 1.807) is 7.05 Å². The second-order valence-electron chi connectivity index (χ2n) is 4.42. The van der Waals surface area contributed by atoms with Crippen LogP contribution in [-0.2, 0) is 0 Å². The molecule has 0 aliphatic rings. The first-order valence-electron chi connectivity index (χ1n) is 6.32. The molecule has 2 N–H and O–H groups in total. The maximum absolute atomic E-state index is 6.00. The highest BCUT2D eigenvalue weighted by molar-refractivity contribution is 14.0. The van der Waals surface area contributed by atoms with Crippen molar-refractivity contribution in [2.24, 2.45) is 4.99 Å². The molecule has 0 saturated heterocycles. The summed E-state index contributed by atoms with van der Waals surface area (Å²) in [5, 5.41) is 7.99. The molecule has 1 aromatic carbocycles. The Morgan fingerprint density at radius 3 is 2.65 bits per heavy atom. The molecule has 0 spiro atoms. The molecule has 0 bridgehead atoms. The number of hydrogen-bond donors (Lipinski definition) is 2. The number of benzene rings is 1. The van der Waals surface area contributed by atoms with Crippen LogP contribution in [0.1, 0.15) is 25.5 Å². The van der Waals surface area contributed by atoms with Crippen LogP contribution in [0.3, 0.4) is 0 Å². The molecule has 3 nitrogen and oxygen atoms in total. The minimum Gasteiger partial charge on any atom is -0.355 e. The van der Waals surface area contributed by atoms with Crippen molar-refractivity contribution in [3.05, 3.63) is 34.9 Å². The number of nitrogens with zero attached hydrogens (tertiary/aromatic N) is 1. The van der Waals surface area contributed by atoms with Crippen molar-refractivity contribution >= 4 is 53.3 Å². The summed E-state index contributed by atoms with van der Waals surface area (Å²) in [7, 11) is 1.78. The summed E-state index contributed by atoms with van der Waals surface area (Å²) in [6.45, 7) is 5.17. The second-order valence-corrected chi connectivity index (χ2v) is 6.13. The lowest BCUT2D eigenvalue weighted by Crippen LogP contribution is -2.41. The lowest BCUT2D eigenvalue weighted by molar-refractivity contribution is 0.684. The summed E-state index contributed by atoms with van der Waals surface area (Å²) in [6, 6.07) is 8.03. The molecule has 0 radical (unpaired) electrons. The first kappa shape index (κ1) is 19.9. The van der Waals surface area contributed by atoms with Crippen molar-refractivity contribution in [3.8, 4) is 0 Å². The van der Waals surface area contributed by atoms with Gasteiger partial charge in [-0.1, -0.05) is 30.7 Å². The molecule has 1 aromatic rings. The van der Waals surface area contributed by atoms with Crippen molar-refractivity contribution in [2.45, 2.75) is 25.1 Å². The van der Waals surface area contributed by atoms with Gasteiger partial charge in [-0.25, -0.2) is 0 Å². The summed E-state index contributed by atoms with van der Waals surface area (Å²) in [5.41, 5.74) is 1.15. The molecule has 0 saturated carbocycles. The zero-order valence-electron chi connectivity index (χ0n) is 12.3. The normalized spacial score (nSPS) is 14.2. The molecule has 0 aliphatic heterocycles.